The fourth-order valence-electron chi connectivity index (χ4n) is 2.39. The molecule has 1 aromatic carbocycles. The molecule has 0 saturated heterocycles. The first kappa shape index (κ1) is 18.5. The van der Waals surface area contributed by atoms with E-state index in [9.17, 15) is 14.7 Å². The van der Waals surface area contributed by atoms with Gasteiger partial charge in [0.15, 0.2) is 0 Å². The summed E-state index contributed by atoms with van der Waals surface area (Å²) in [7, 11) is 3.82. The number of nitrogens with one attached hydrogen (secondary N) is 2. The van der Waals surface area contributed by atoms with Crippen molar-refractivity contribution < 1.29 is 19.1 Å². The van der Waals surface area contributed by atoms with Gasteiger partial charge < -0.3 is 25.1 Å². The number of furan rings is 1. The molecule has 0 aliphatic rings. The Morgan fingerprint density at radius 3 is 2.32 bits per heavy atom. The lowest BCUT2D eigenvalue weighted by Gasteiger charge is -2.13. The SMILES string of the molecule is Cc1cc(C(O)CNC(=O)C(=O)Nc2ccc(N(C)C)cc2)c(C)o1. The van der Waals surface area contributed by atoms with Crippen LogP contribution in [0.25, 0.3) is 0 Å². The minimum absolute atomic E-state index is 0.0777. The molecule has 1 aromatic heterocycles. The number of nitrogens with zero attached hydrogens (tertiary/aromatic N) is 1. The normalized spacial score (nSPS) is 11.7. The van der Waals surface area contributed by atoms with E-state index in [4.69, 9.17) is 4.42 Å². The number of carbonyl (C=O) groups is 2. The predicted molar refractivity (Wildman–Crippen MR) is 95.6 cm³/mol. The summed E-state index contributed by atoms with van der Waals surface area (Å²) in [5.74, 6) is -0.333. The number of hydrogen-bond acceptors (Lipinski definition) is 5. The van der Waals surface area contributed by atoms with Gasteiger partial charge in [0.2, 0.25) is 0 Å². The van der Waals surface area contributed by atoms with Crippen LogP contribution in [0.15, 0.2) is 34.7 Å². The van der Waals surface area contributed by atoms with E-state index in [0.717, 1.165) is 5.69 Å². The Morgan fingerprint density at radius 1 is 1.16 bits per heavy atom. The molecular weight excluding hydrogens is 322 g/mol. The molecule has 2 rings (SSSR count). The van der Waals surface area contributed by atoms with Gasteiger partial charge in [-0.2, -0.15) is 0 Å². The van der Waals surface area contributed by atoms with E-state index in [-0.39, 0.29) is 6.54 Å². The Morgan fingerprint density at radius 2 is 1.80 bits per heavy atom. The maximum atomic E-state index is 11.9. The van der Waals surface area contributed by atoms with Crippen LogP contribution in [0.4, 0.5) is 11.4 Å². The summed E-state index contributed by atoms with van der Waals surface area (Å²) >= 11 is 0. The zero-order chi connectivity index (χ0) is 18.6. The van der Waals surface area contributed by atoms with Gasteiger partial charge in [0.05, 0.1) is 6.10 Å². The number of aryl methyl sites for hydroxylation is 2. The molecule has 1 heterocycles. The number of anilines is 2. The number of hydrogen-bond donors (Lipinski definition) is 3. The molecular formula is C18H23N3O4. The Kier molecular flexibility index (Phi) is 5.82. The van der Waals surface area contributed by atoms with Crippen molar-refractivity contribution >= 4 is 23.2 Å². The first-order chi connectivity index (χ1) is 11.8. The van der Waals surface area contributed by atoms with Gasteiger partial charge in [0.25, 0.3) is 0 Å². The summed E-state index contributed by atoms with van der Waals surface area (Å²) in [5.41, 5.74) is 2.10. The van der Waals surface area contributed by atoms with Crippen LogP contribution in [0, 0.1) is 13.8 Å². The summed E-state index contributed by atoms with van der Waals surface area (Å²) in [4.78, 5) is 25.7. The summed E-state index contributed by atoms with van der Waals surface area (Å²) in [6.07, 6.45) is -0.937. The molecule has 25 heavy (non-hydrogen) atoms. The van der Waals surface area contributed by atoms with Gasteiger partial charge in [-0.25, -0.2) is 0 Å². The van der Waals surface area contributed by atoms with Crippen LogP contribution in [0.1, 0.15) is 23.2 Å². The molecule has 0 spiro atoms. The highest BCUT2D eigenvalue weighted by Gasteiger charge is 2.18. The zero-order valence-electron chi connectivity index (χ0n) is 14.8. The largest absolute Gasteiger partial charge is 0.466 e. The van der Waals surface area contributed by atoms with Gasteiger partial charge >= 0.3 is 11.8 Å². The monoisotopic (exact) mass is 345 g/mol. The lowest BCUT2D eigenvalue weighted by molar-refractivity contribution is -0.136. The Labute approximate surface area is 146 Å². The predicted octanol–water partition coefficient (Wildman–Crippen LogP) is 1.75. The quantitative estimate of drug-likeness (QED) is 0.718. The Balaban J connectivity index is 1.87. The molecule has 1 atom stereocenters. The van der Waals surface area contributed by atoms with Gasteiger partial charge in [-0.3, -0.25) is 9.59 Å². The second-order valence-electron chi connectivity index (χ2n) is 5.99. The molecule has 0 aliphatic heterocycles. The van der Waals surface area contributed by atoms with Crippen molar-refractivity contribution in [1.29, 1.82) is 0 Å². The average molecular weight is 345 g/mol. The molecule has 0 fully saturated rings. The van der Waals surface area contributed by atoms with Crippen molar-refractivity contribution in [2.75, 3.05) is 30.9 Å². The van der Waals surface area contributed by atoms with E-state index in [2.05, 4.69) is 10.6 Å². The van der Waals surface area contributed by atoms with E-state index in [0.29, 0.717) is 22.8 Å². The number of carbonyl (C=O) groups excluding carboxylic acids is 2. The lowest BCUT2D eigenvalue weighted by Crippen LogP contribution is -2.37. The fraction of sp³-hybridized carbons (Fsp3) is 0.333. The van der Waals surface area contributed by atoms with E-state index in [1.165, 1.54) is 0 Å². The van der Waals surface area contributed by atoms with E-state index in [1.807, 2.05) is 31.1 Å². The smallest absolute Gasteiger partial charge is 0.313 e. The third-order valence-electron chi connectivity index (χ3n) is 3.74. The number of amides is 2. The van der Waals surface area contributed by atoms with Crippen molar-refractivity contribution in [2.24, 2.45) is 0 Å². The van der Waals surface area contributed by atoms with Gasteiger partial charge in [0.1, 0.15) is 11.5 Å². The Bertz CT molecular complexity index is 750. The van der Waals surface area contributed by atoms with Crippen LogP contribution >= 0.6 is 0 Å². The number of aliphatic hydroxyl groups is 1. The van der Waals surface area contributed by atoms with Crippen molar-refractivity contribution in [2.45, 2.75) is 20.0 Å². The molecule has 0 aliphatic carbocycles. The molecule has 0 bridgehead atoms. The van der Waals surface area contributed by atoms with Crippen molar-refractivity contribution in [3.8, 4) is 0 Å². The first-order valence-electron chi connectivity index (χ1n) is 7.89. The minimum atomic E-state index is -0.937. The van der Waals surface area contributed by atoms with E-state index >= 15 is 0 Å². The molecule has 3 N–H and O–H groups in total. The summed E-state index contributed by atoms with van der Waals surface area (Å²) < 4.78 is 5.34. The highest BCUT2D eigenvalue weighted by atomic mass is 16.3. The van der Waals surface area contributed by atoms with Crippen LogP contribution in [0.3, 0.4) is 0 Å². The van der Waals surface area contributed by atoms with Crippen molar-refractivity contribution in [1.82, 2.24) is 5.32 Å². The summed E-state index contributed by atoms with van der Waals surface area (Å²) in [5, 5.41) is 15.0. The van der Waals surface area contributed by atoms with E-state index in [1.54, 1.807) is 32.0 Å². The molecule has 1 unspecified atom stereocenters. The summed E-state index contributed by atoms with van der Waals surface area (Å²) in [6, 6.07) is 8.81. The topological polar surface area (TPSA) is 94.8 Å². The number of rotatable bonds is 5. The highest BCUT2D eigenvalue weighted by molar-refractivity contribution is 6.39. The van der Waals surface area contributed by atoms with Crippen LogP contribution < -0.4 is 15.5 Å². The van der Waals surface area contributed by atoms with Gasteiger partial charge in [-0.05, 0) is 44.2 Å². The number of benzene rings is 1. The van der Waals surface area contributed by atoms with Crippen molar-refractivity contribution in [3.63, 3.8) is 0 Å². The van der Waals surface area contributed by atoms with Crippen LogP contribution in [-0.2, 0) is 9.59 Å². The third-order valence-corrected chi connectivity index (χ3v) is 3.74. The molecule has 7 nitrogen and oxygen atoms in total. The van der Waals surface area contributed by atoms with Crippen LogP contribution in [0.2, 0.25) is 0 Å². The second kappa shape index (κ2) is 7.85. The zero-order valence-corrected chi connectivity index (χ0v) is 14.8. The average Bonchev–Trinajstić information content (AvgIpc) is 2.91. The first-order valence-corrected chi connectivity index (χ1v) is 7.89. The van der Waals surface area contributed by atoms with Gasteiger partial charge in [0, 0.05) is 37.6 Å². The fourth-order valence-corrected chi connectivity index (χ4v) is 2.39. The Hall–Kier alpha value is -2.80. The molecule has 0 saturated carbocycles. The van der Waals surface area contributed by atoms with Gasteiger partial charge in [-0.1, -0.05) is 0 Å². The van der Waals surface area contributed by atoms with Crippen molar-refractivity contribution in [3.05, 3.63) is 47.4 Å². The highest BCUT2D eigenvalue weighted by Crippen LogP contribution is 2.21. The molecule has 0 radical (unpaired) electrons. The summed E-state index contributed by atoms with van der Waals surface area (Å²) in [6.45, 7) is 3.43. The van der Waals surface area contributed by atoms with Gasteiger partial charge in [-0.15, -0.1) is 0 Å². The molecule has 2 aromatic rings. The second-order valence-corrected chi connectivity index (χ2v) is 5.99. The standard InChI is InChI=1S/C18H23N3O4/c1-11-9-15(12(2)25-11)16(22)10-19-17(23)18(24)20-13-5-7-14(8-6-13)21(3)4/h5-9,16,22H,10H2,1-4H3,(H,19,23)(H,20,24). The molecule has 134 valence electrons. The lowest BCUT2D eigenvalue weighted by atomic mass is 10.1. The third kappa shape index (κ3) is 4.84. The van der Waals surface area contributed by atoms with Crippen LogP contribution in [0.5, 0.6) is 0 Å². The number of aliphatic hydroxyl groups excluding tert-OH is 1. The maximum Gasteiger partial charge on any atom is 0.313 e. The van der Waals surface area contributed by atoms with E-state index < -0.39 is 17.9 Å². The minimum Gasteiger partial charge on any atom is -0.466 e. The van der Waals surface area contributed by atoms with Crippen LogP contribution in [-0.4, -0.2) is 37.6 Å². The molecule has 2 amide bonds. The maximum absolute atomic E-state index is 11.9. The molecule has 7 heteroatoms.